The van der Waals surface area contributed by atoms with Crippen LogP contribution in [0.25, 0.3) is 22.3 Å². The van der Waals surface area contributed by atoms with Gasteiger partial charge in [0, 0.05) is 34.0 Å². The highest BCUT2D eigenvalue weighted by Crippen LogP contribution is 2.47. The molecule has 5 aromatic rings. The summed E-state index contributed by atoms with van der Waals surface area (Å²) in [5.74, 6) is -1.07. The fourth-order valence-corrected chi connectivity index (χ4v) is 5.60. The van der Waals surface area contributed by atoms with E-state index in [0.29, 0.717) is 35.6 Å². The summed E-state index contributed by atoms with van der Waals surface area (Å²) in [5.41, 5.74) is 2.03. The number of rotatable bonds is 9. The first kappa shape index (κ1) is 30.3. The van der Waals surface area contributed by atoms with E-state index in [4.69, 9.17) is 0 Å². The maximum absolute atomic E-state index is 15.0. The molecule has 0 spiro atoms. The number of amides is 2. The number of imidazole rings is 1. The summed E-state index contributed by atoms with van der Waals surface area (Å²) in [4.78, 5) is 38.5. The molecule has 230 valence electrons. The zero-order chi connectivity index (χ0) is 31.9. The first-order valence-electron chi connectivity index (χ1n) is 14.5. The maximum Gasteiger partial charge on any atom is 0.240 e. The van der Waals surface area contributed by atoms with Crippen molar-refractivity contribution in [3.63, 3.8) is 0 Å². The van der Waals surface area contributed by atoms with Gasteiger partial charge in [-0.15, -0.1) is 0 Å². The standard InChI is InChI=1S/C33H30BrF2N7O2/c1-18(2)43-19(3)39-29-25(35)14-21(15-27(29)43)28-26(36)17-38-32(42-28)41-24-8-4-20(5-9-24)16-37-30(44)33(12-13-33)31(45)40-23-10-6-22(34)7-11-23/h4-11,14-15,17-18H,12-13,16H2,1-3H3,(H,37,44)(H,40,45)(H,38,41,42). The predicted octanol–water partition coefficient (Wildman–Crippen LogP) is 7.20. The third-order valence-electron chi connectivity index (χ3n) is 7.84. The smallest absolute Gasteiger partial charge is 0.240 e. The SMILES string of the molecule is Cc1nc2c(F)cc(-c3nc(Nc4ccc(CNC(=O)C5(C(=O)Nc6ccc(Br)cc6)CC5)cc4)ncc3F)cc2n1C(C)C. The number of nitrogens with zero attached hydrogens (tertiary/aromatic N) is 4. The minimum Gasteiger partial charge on any atom is -0.351 e. The molecule has 0 radical (unpaired) electrons. The van der Waals surface area contributed by atoms with Crippen molar-refractivity contribution in [1.82, 2.24) is 24.8 Å². The first-order valence-corrected chi connectivity index (χ1v) is 15.3. The highest BCUT2D eigenvalue weighted by molar-refractivity contribution is 9.10. The van der Waals surface area contributed by atoms with Crippen LogP contribution in [0, 0.1) is 24.0 Å². The average Bonchev–Trinajstić information content (AvgIpc) is 3.76. The van der Waals surface area contributed by atoms with Crippen molar-refractivity contribution < 1.29 is 18.4 Å². The Bertz CT molecular complexity index is 1920. The van der Waals surface area contributed by atoms with E-state index in [2.05, 4.69) is 46.8 Å². The molecule has 1 fully saturated rings. The van der Waals surface area contributed by atoms with Crippen LogP contribution in [0.2, 0.25) is 0 Å². The molecule has 3 aromatic carbocycles. The van der Waals surface area contributed by atoms with Crippen LogP contribution >= 0.6 is 15.9 Å². The average molecular weight is 675 g/mol. The Morgan fingerprint density at radius 1 is 0.956 bits per heavy atom. The van der Waals surface area contributed by atoms with Crippen LogP contribution in [0.3, 0.4) is 0 Å². The molecule has 1 saturated carbocycles. The van der Waals surface area contributed by atoms with Gasteiger partial charge < -0.3 is 20.5 Å². The second-order valence-corrected chi connectivity index (χ2v) is 12.3. The third kappa shape index (κ3) is 6.15. The van der Waals surface area contributed by atoms with E-state index < -0.39 is 17.0 Å². The number of carbonyl (C=O) groups excluding carboxylic acids is 2. The molecule has 0 unspecified atom stereocenters. The van der Waals surface area contributed by atoms with Crippen LogP contribution in [0.4, 0.5) is 26.1 Å². The molecule has 2 aromatic heterocycles. The lowest BCUT2D eigenvalue weighted by atomic mass is 10.0. The Morgan fingerprint density at radius 3 is 2.31 bits per heavy atom. The van der Waals surface area contributed by atoms with Crippen molar-refractivity contribution >= 4 is 56.1 Å². The molecule has 1 aliphatic rings. The summed E-state index contributed by atoms with van der Waals surface area (Å²) in [6.07, 6.45) is 2.03. The van der Waals surface area contributed by atoms with Gasteiger partial charge in [-0.3, -0.25) is 9.59 Å². The van der Waals surface area contributed by atoms with E-state index in [-0.39, 0.29) is 47.1 Å². The van der Waals surface area contributed by atoms with Gasteiger partial charge in [-0.1, -0.05) is 28.1 Å². The molecule has 2 heterocycles. The molecule has 3 N–H and O–H groups in total. The maximum atomic E-state index is 15.0. The molecule has 45 heavy (non-hydrogen) atoms. The fraction of sp³-hybridized carbons (Fsp3) is 0.242. The van der Waals surface area contributed by atoms with Crippen molar-refractivity contribution in [1.29, 1.82) is 0 Å². The number of benzene rings is 3. The molecule has 12 heteroatoms. The number of halogens is 3. The van der Waals surface area contributed by atoms with Gasteiger partial charge in [-0.2, -0.15) is 0 Å². The highest BCUT2D eigenvalue weighted by atomic mass is 79.9. The lowest BCUT2D eigenvalue weighted by Gasteiger charge is -2.16. The Kier molecular flexibility index (Phi) is 8.08. The van der Waals surface area contributed by atoms with Crippen molar-refractivity contribution in [3.05, 3.63) is 94.4 Å². The van der Waals surface area contributed by atoms with E-state index >= 15 is 4.39 Å². The molecule has 0 saturated heterocycles. The summed E-state index contributed by atoms with van der Waals surface area (Å²) >= 11 is 3.36. The number of hydrogen-bond donors (Lipinski definition) is 3. The van der Waals surface area contributed by atoms with Crippen LogP contribution < -0.4 is 16.0 Å². The highest BCUT2D eigenvalue weighted by Gasteiger charge is 2.56. The van der Waals surface area contributed by atoms with E-state index in [0.717, 1.165) is 16.2 Å². The number of fused-ring (bicyclic) bond motifs is 1. The summed E-state index contributed by atoms with van der Waals surface area (Å²) in [6.45, 7) is 5.99. The zero-order valence-electron chi connectivity index (χ0n) is 24.8. The molecule has 2 amide bonds. The molecular formula is C33H30BrF2N7O2. The largest absolute Gasteiger partial charge is 0.351 e. The number of anilines is 3. The van der Waals surface area contributed by atoms with Crippen molar-refractivity contribution in [2.45, 2.75) is 46.2 Å². The van der Waals surface area contributed by atoms with Crippen molar-refractivity contribution in [2.75, 3.05) is 10.6 Å². The van der Waals surface area contributed by atoms with Crippen molar-refractivity contribution in [2.24, 2.45) is 5.41 Å². The number of nitrogens with one attached hydrogen (secondary N) is 3. The second-order valence-electron chi connectivity index (χ2n) is 11.4. The Balaban J connectivity index is 1.12. The van der Waals surface area contributed by atoms with Gasteiger partial charge in [0.15, 0.2) is 11.6 Å². The summed E-state index contributed by atoms with van der Waals surface area (Å²) in [6, 6.07) is 17.3. The van der Waals surface area contributed by atoms with Gasteiger partial charge in [0.1, 0.15) is 22.5 Å². The van der Waals surface area contributed by atoms with Gasteiger partial charge in [0.05, 0.1) is 11.7 Å². The number of carbonyl (C=O) groups is 2. The van der Waals surface area contributed by atoms with Gasteiger partial charge in [0.2, 0.25) is 17.8 Å². The van der Waals surface area contributed by atoms with E-state index in [1.54, 1.807) is 37.3 Å². The van der Waals surface area contributed by atoms with Crippen LogP contribution in [0.1, 0.15) is 44.1 Å². The summed E-state index contributed by atoms with van der Waals surface area (Å²) in [5, 5.41) is 8.76. The molecule has 0 atom stereocenters. The van der Waals surface area contributed by atoms with Crippen LogP contribution in [0.5, 0.6) is 0 Å². The molecule has 6 rings (SSSR count). The lowest BCUT2D eigenvalue weighted by molar-refractivity contribution is -0.134. The molecule has 0 aliphatic heterocycles. The van der Waals surface area contributed by atoms with Crippen LogP contribution in [-0.2, 0) is 16.1 Å². The van der Waals surface area contributed by atoms with Gasteiger partial charge in [0.25, 0.3) is 0 Å². The summed E-state index contributed by atoms with van der Waals surface area (Å²) in [7, 11) is 0. The molecule has 9 nitrogen and oxygen atoms in total. The minimum atomic E-state index is -1.06. The molecular weight excluding hydrogens is 644 g/mol. The minimum absolute atomic E-state index is 0.0328. The van der Waals surface area contributed by atoms with Crippen molar-refractivity contribution in [3.8, 4) is 11.3 Å². The van der Waals surface area contributed by atoms with E-state index in [1.807, 2.05) is 42.7 Å². The quantitative estimate of drug-likeness (QED) is 0.143. The first-order chi connectivity index (χ1) is 21.5. The number of aryl methyl sites for hydroxylation is 1. The monoisotopic (exact) mass is 673 g/mol. The normalized spacial score (nSPS) is 13.6. The third-order valence-corrected chi connectivity index (χ3v) is 8.37. The second kappa shape index (κ2) is 12.0. The van der Waals surface area contributed by atoms with E-state index in [1.165, 1.54) is 6.07 Å². The predicted molar refractivity (Wildman–Crippen MR) is 172 cm³/mol. The van der Waals surface area contributed by atoms with Gasteiger partial charge in [-0.25, -0.2) is 23.7 Å². The Labute approximate surface area is 266 Å². The lowest BCUT2D eigenvalue weighted by Crippen LogP contribution is -2.39. The Hall–Kier alpha value is -4.71. The van der Waals surface area contributed by atoms with Gasteiger partial charge in [-0.05, 0) is 87.7 Å². The fourth-order valence-electron chi connectivity index (χ4n) is 5.34. The molecule has 1 aliphatic carbocycles. The number of hydrogen-bond acceptors (Lipinski definition) is 6. The van der Waals surface area contributed by atoms with Crippen LogP contribution in [-0.4, -0.2) is 31.3 Å². The molecule has 0 bridgehead atoms. The van der Waals surface area contributed by atoms with Gasteiger partial charge >= 0.3 is 0 Å². The zero-order valence-corrected chi connectivity index (χ0v) is 26.4. The number of aromatic nitrogens is 4. The van der Waals surface area contributed by atoms with E-state index in [9.17, 15) is 14.0 Å². The Morgan fingerprint density at radius 2 is 1.64 bits per heavy atom. The topological polar surface area (TPSA) is 114 Å². The van der Waals surface area contributed by atoms with Crippen LogP contribution in [0.15, 0.2) is 71.3 Å². The summed E-state index contributed by atoms with van der Waals surface area (Å²) < 4.78 is 32.7.